The Morgan fingerprint density at radius 2 is 1.61 bits per heavy atom. The van der Waals surface area contributed by atoms with Crippen LogP contribution in [0.25, 0.3) is 0 Å². The normalized spacial score (nSPS) is 35.0. The van der Waals surface area contributed by atoms with Gasteiger partial charge in [-0.05, 0) is 61.3 Å². The lowest BCUT2D eigenvalue weighted by molar-refractivity contribution is 0.0871. The van der Waals surface area contributed by atoms with Crippen LogP contribution in [0.15, 0.2) is 0 Å². The predicted octanol–water partition coefficient (Wildman–Crippen LogP) is 4.60. The molecule has 0 aromatic heterocycles. The summed E-state index contributed by atoms with van der Waals surface area (Å²) >= 11 is 0. The minimum Gasteiger partial charge on any atom is -0.330 e. The van der Waals surface area contributed by atoms with Crippen LogP contribution in [0.4, 0.5) is 0 Å². The van der Waals surface area contributed by atoms with E-state index >= 15 is 0 Å². The van der Waals surface area contributed by atoms with Crippen molar-refractivity contribution < 1.29 is 0 Å². The molecule has 1 nitrogen and oxygen atoms in total. The number of hydrogen-bond acceptors (Lipinski definition) is 1. The van der Waals surface area contributed by atoms with Gasteiger partial charge in [-0.2, -0.15) is 0 Å². The zero-order valence-electron chi connectivity index (χ0n) is 12.8. The second-order valence-electron chi connectivity index (χ2n) is 8.02. The number of nitrogens with two attached hydrogens (primary N) is 1. The van der Waals surface area contributed by atoms with Gasteiger partial charge in [0.15, 0.2) is 0 Å². The average molecular weight is 251 g/mol. The van der Waals surface area contributed by atoms with Crippen LogP contribution >= 0.6 is 0 Å². The molecular formula is C17H33N. The van der Waals surface area contributed by atoms with E-state index in [1.165, 1.54) is 51.4 Å². The molecule has 0 aromatic carbocycles. The molecule has 106 valence electrons. The Morgan fingerprint density at radius 1 is 0.944 bits per heavy atom. The van der Waals surface area contributed by atoms with Crippen LogP contribution in [0.3, 0.4) is 0 Å². The highest BCUT2D eigenvalue weighted by Crippen LogP contribution is 2.45. The lowest BCUT2D eigenvalue weighted by atomic mass is 9.64. The third-order valence-electron chi connectivity index (χ3n) is 5.78. The molecule has 0 bridgehead atoms. The first-order valence-electron chi connectivity index (χ1n) is 8.20. The largest absolute Gasteiger partial charge is 0.330 e. The summed E-state index contributed by atoms with van der Waals surface area (Å²) in [5.74, 6) is 3.70. The molecule has 0 radical (unpaired) electrons. The van der Waals surface area contributed by atoms with Crippen LogP contribution in [0.5, 0.6) is 0 Å². The maximum atomic E-state index is 6.02. The maximum Gasteiger partial charge on any atom is -0.00462 e. The summed E-state index contributed by atoms with van der Waals surface area (Å²) in [5, 5.41) is 0. The van der Waals surface area contributed by atoms with Crippen LogP contribution < -0.4 is 5.73 Å². The fraction of sp³-hybridized carbons (Fsp3) is 1.00. The van der Waals surface area contributed by atoms with Crippen LogP contribution in [-0.2, 0) is 0 Å². The van der Waals surface area contributed by atoms with Gasteiger partial charge >= 0.3 is 0 Å². The van der Waals surface area contributed by atoms with E-state index in [-0.39, 0.29) is 0 Å². The van der Waals surface area contributed by atoms with E-state index in [2.05, 4.69) is 20.8 Å². The zero-order valence-corrected chi connectivity index (χ0v) is 12.8. The molecule has 2 fully saturated rings. The highest BCUT2D eigenvalue weighted by Gasteiger charge is 2.36. The van der Waals surface area contributed by atoms with E-state index in [1.807, 2.05) is 0 Å². The van der Waals surface area contributed by atoms with Crippen LogP contribution in [0.2, 0.25) is 0 Å². The first-order valence-corrected chi connectivity index (χ1v) is 8.20. The van der Waals surface area contributed by atoms with Crippen molar-refractivity contribution in [1.82, 2.24) is 0 Å². The van der Waals surface area contributed by atoms with Crippen molar-refractivity contribution in [2.75, 3.05) is 6.54 Å². The molecular weight excluding hydrogens is 218 g/mol. The standard InChI is InChI=1S/C17H33N/c1-17(2,3)16-9-8-14(12-18)15(11-16)10-13-6-4-5-7-13/h13-16H,4-12,18H2,1-3H3. The van der Waals surface area contributed by atoms with Crippen molar-refractivity contribution in [1.29, 1.82) is 0 Å². The SMILES string of the molecule is CC(C)(C)C1CCC(CN)C(CC2CCCC2)C1. The van der Waals surface area contributed by atoms with E-state index in [0.29, 0.717) is 5.41 Å². The Morgan fingerprint density at radius 3 is 2.17 bits per heavy atom. The van der Waals surface area contributed by atoms with Gasteiger partial charge < -0.3 is 5.73 Å². The van der Waals surface area contributed by atoms with Crippen molar-refractivity contribution in [2.45, 2.75) is 72.1 Å². The summed E-state index contributed by atoms with van der Waals surface area (Å²) in [6.45, 7) is 8.20. The van der Waals surface area contributed by atoms with E-state index in [1.54, 1.807) is 0 Å². The Hall–Kier alpha value is -0.0400. The molecule has 2 N–H and O–H groups in total. The average Bonchev–Trinajstić information content (AvgIpc) is 2.80. The molecule has 2 saturated carbocycles. The molecule has 0 amide bonds. The van der Waals surface area contributed by atoms with Crippen LogP contribution in [0, 0.1) is 29.1 Å². The summed E-state index contributed by atoms with van der Waals surface area (Å²) in [6, 6.07) is 0. The highest BCUT2D eigenvalue weighted by molar-refractivity contribution is 4.87. The Balaban J connectivity index is 1.94. The fourth-order valence-corrected chi connectivity index (χ4v) is 4.39. The highest BCUT2D eigenvalue weighted by atomic mass is 14.6. The van der Waals surface area contributed by atoms with E-state index in [9.17, 15) is 0 Å². The lowest BCUT2D eigenvalue weighted by Crippen LogP contribution is -2.35. The van der Waals surface area contributed by atoms with Crippen molar-refractivity contribution >= 4 is 0 Å². The molecule has 0 saturated heterocycles. The second kappa shape index (κ2) is 5.94. The lowest BCUT2D eigenvalue weighted by Gasteiger charge is -2.42. The van der Waals surface area contributed by atoms with Crippen molar-refractivity contribution in [3.8, 4) is 0 Å². The fourth-order valence-electron chi connectivity index (χ4n) is 4.39. The van der Waals surface area contributed by atoms with Gasteiger partial charge in [0.25, 0.3) is 0 Å². The minimum atomic E-state index is 0.494. The van der Waals surface area contributed by atoms with Crippen molar-refractivity contribution in [3.63, 3.8) is 0 Å². The molecule has 0 aliphatic heterocycles. The molecule has 1 heteroatoms. The number of rotatable bonds is 3. The summed E-state index contributed by atoms with van der Waals surface area (Å²) in [6.07, 6.45) is 11.7. The molecule has 18 heavy (non-hydrogen) atoms. The van der Waals surface area contributed by atoms with Gasteiger partial charge in [0, 0.05) is 0 Å². The van der Waals surface area contributed by atoms with Gasteiger partial charge in [0.05, 0.1) is 0 Å². The molecule has 3 atom stereocenters. The van der Waals surface area contributed by atoms with E-state index in [0.717, 1.165) is 30.2 Å². The Labute approximate surface area is 114 Å². The predicted molar refractivity (Wildman–Crippen MR) is 79.4 cm³/mol. The zero-order chi connectivity index (χ0) is 13.2. The van der Waals surface area contributed by atoms with Gasteiger partial charge in [-0.1, -0.05) is 46.5 Å². The molecule has 0 heterocycles. The van der Waals surface area contributed by atoms with Gasteiger partial charge in [-0.25, -0.2) is 0 Å². The third kappa shape index (κ3) is 3.50. The molecule has 2 aliphatic rings. The third-order valence-corrected chi connectivity index (χ3v) is 5.78. The van der Waals surface area contributed by atoms with E-state index in [4.69, 9.17) is 5.73 Å². The Kier molecular flexibility index (Phi) is 4.75. The van der Waals surface area contributed by atoms with Crippen molar-refractivity contribution in [2.24, 2.45) is 34.8 Å². The van der Waals surface area contributed by atoms with Gasteiger partial charge in [-0.3, -0.25) is 0 Å². The van der Waals surface area contributed by atoms with Gasteiger partial charge in [0.2, 0.25) is 0 Å². The Bertz CT molecular complexity index is 247. The quantitative estimate of drug-likeness (QED) is 0.779. The summed E-state index contributed by atoms with van der Waals surface area (Å²) in [7, 11) is 0. The molecule has 0 spiro atoms. The first-order chi connectivity index (χ1) is 8.50. The second-order valence-corrected chi connectivity index (χ2v) is 8.02. The molecule has 3 unspecified atom stereocenters. The van der Waals surface area contributed by atoms with E-state index < -0.39 is 0 Å². The summed E-state index contributed by atoms with van der Waals surface area (Å²) < 4.78 is 0. The monoisotopic (exact) mass is 251 g/mol. The number of hydrogen-bond donors (Lipinski definition) is 1. The molecule has 2 rings (SSSR count). The maximum absolute atomic E-state index is 6.02. The minimum absolute atomic E-state index is 0.494. The molecule has 2 aliphatic carbocycles. The smallest absolute Gasteiger partial charge is 0.00462 e. The van der Waals surface area contributed by atoms with Gasteiger partial charge in [-0.15, -0.1) is 0 Å². The summed E-state index contributed by atoms with van der Waals surface area (Å²) in [5.41, 5.74) is 6.52. The van der Waals surface area contributed by atoms with Crippen molar-refractivity contribution in [3.05, 3.63) is 0 Å². The van der Waals surface area contributed by atoms with Crippen LogP contribution in [-0.4, -0.2) is 6.54 Å². The summed E-state index contributed by atoms with van der Waals surface area (Å²) in [4.78, 5) is 0. The first kappa shape index (κ1) is 14.4. The molecule has 0 aromatic rings. The van der Waals surface area contributed by atoms with Gasteiger partial charge in [0.1, 0.15) is 0 Å². The topological polar surface area (TPSA) is 26.0 Å². The van der Waals surface area contributed by atoms with Crippen LogP contribution in [0.1, 0.15) is 72.1 Å².